The molecule has 0 spiro atoms. The minimum absolute atomic E-state index is 0.124. The first-order valence-electron chi connectivity index (χ1n) is 8.60. The number of rotatable bonds is 4. The maximum atomic E-state index is 13.4. The molecule has 0 amide bonds. The minimum atomic E-state index is -0.124. The van der Waals surface area contributed by atoms with E-state index >= 15 is 0 Å². The van der Waals surface area contributed by atoms with E-state index in [9.17, 15) is 4.79 Å². The number of nitrogens with zero attached hydrogens (tertiary/aromatic N) is 4. The second kappa shape index (κ2) is 6.92. The van der Waals surface area contributed by atoms with Gasteiger partial charge in [0, 0.05) is 26.0 Å². The van der Waals surface area contributed by atoms with Crippen molar-refractivity contribution < 1.29 is 0 Å². The van der Waals surface area contributed by atoms with Gasteiger partial charge in [-0.25, -0.2) is 9.55 Å². The first-order chi connectivity index (χ1) is 13.1. The van der Waals surface area contributed by atoms with E-state index in [1.807, 2.05) is 79.7 Å². The normalized spacial score (nSPS) is 10.7. The topological polar surface area (TPSA) is 63.1 Å². The molecule has 0 aliphatic heterocycles. The molecule has 6 nitrogen and oxygen atoms in total. The van der Waals surface area contributed by atoms with Crippen LogP contribution in [0.1, 0.15) is 0 Å². The van der Waals surface area contributed by atoms with Crippen molar-refractivity contribution in [1.82, 2.24) is 14.5 Å². The van der Waals surface area contributed by atoms with E-state index in [1.165, 1.54) is 0 Å². The van der Waals surface area contributed by atoms with Gasteiger partial charge in [0.05, 0.1) is 28.5 Å². The van der Waals surface area contributed by atoms with Crippen molar-refractivity contribution in [2.45, 2.75) is 0 Å². The Labute approximate surface area is 156 Å². The minimum Gasteiger partial charge on any atom is -0.378 e. The molecule has 0 aliphatic carbocycles. The molecule has 0 aliphatic rings. The summed E-state index contributed by atoms with van der Waals surface area (Å²) in [4.78, 5) is 24.2. The molecule has 2 aromatic heterocycles. The molecule has 0 saturated carbocycles. The van der Waals surface area contributed by atoms with Gasteiger partial charge in [-0.2, -0.15) is 0 Å². The van der Waals surface area contributed by atoms with Crippen molar-refractivity contribution in [1.29, 1.82) is 0 Å². The van der Waals surface area contributed by atoms with Crippen LogP contribution in [0, 0.1) is 0 Å². The quantitative estimate of drug-likeness (QED) is 0.605. The number of para-hydroxylation sites is 1. The predicted octanol–water partition coefficient (Wildman–Crippen LogP) is 3.59. The van der Waals surface area contributed by atoms with Crippen molar-refractivity contribution in [3.8, 4) is 5.69 Å². The summed E-state index contributed by atoms with van der Waals surface area (Å²) in [6, 6.07) is 18.9. The summed E-state index contributed by atoms with van der Waals surface area (Å²) in [5.41, 5.74) is 2.98. The van der Waals surface area contributed by atoms with E-state index in [0.29, 0.717) is 16.9 Å². The monoisotopic (exact) mass is 357 g/mol. The largest absolute Gasteiger partial charge is 0.378 e. The molecule has 0 radical (unpaired) electrons. The molecular weight excluding hydrogens is 338 g/mol. The third kappa shape index (κ3) is 3.25. The van der Waals surface area contributed by atoms with Crippen LogP contribution in [0.25, 0.3) is 16.6 Å². The summed E-state index contributed by atoms with van der Waals surface area (Å²) < 4.78 is 1.59. The highest BCUT2D eigenvalue weighted by Gasteiger charge is 2.14. The highest BCUT2D eigenvalue weighted by molar-refractivity contribution is 5.83. The van der Waals surface area contributed by atoms with Crippen molar-refractivity contribution >= 4 is 28.2 Å². The van der Waals surface area contributed by atoms with E-state index in [1.54, 1.807) is 17.0 Å². The fourth-order valence-electron chi connectivity index (χ4n) is 2.92. The lowest BCUT2D eigenvalue weighted by atomic mass is 10.2. The molecule has 134 valence electrons. The van der Waals surface area contributed by atoms with E-state index in [2.05, 4.69) is 10.3 Å². The van der Waals surface area contributed by atoms with Crippen LogP contribution in [0.3, 0.4) is 0 Å². The Morgan fingerprint density at radius 1 is 1.00 bits per heavy atom. The predicted molar refractivity (Wildman–Crippen MR) is 109 cm³/mol. The van der Waals surface area contributed by atoms with Crippen LogP contribution in [0.15, 0.2) is 77.9 Å². The van der Waals surface area contributed by atoms with Gasteiger partial charge in [0.1, 0.15) is 0 Å². The fourth-order valence-corrected chi connectivity index (χ4v) is 2.92. The lowest BCUT2D eigenvalue weighted by Gasteiger charge is -2.17. The van der Waals surface area contributed by atoms with Crippen molar-refractivity contribution in [2.24, 2.45) is 0 Å². The van der Waals surface area contributed by atoms with Gasteiger partial charge < -0.3 is 10.2 Å². The number of pyridine rings is 1. The van der Waals surface area contributed by atoms with Crippen LogP contribution in [0.4, 0.5) is 17.3 Å². The summed E-state index contributed by atoms with van der Waals surface area (Å²) in [6.07, 6.45) is 3.40. The lowest BCUT2D eigenvalue weighted by molar-refractivity contribution is 0.973. The third-order valence-corrected chi connectivity index (χ3v) is 4.30. The molecule has 27 heavy (non-hydrogen) atoms. The smallest absolute Gasteiger partial charge is 0.267 e. The van der Waals surface area contributed by atoms with Crippen LogP contribution in [-0.4, -0.2) is 28.6 Å². The van der Waals surface area contributed by atoms with E-state index in [0.717, 1.165) is 17.1 Å². The molecule has 2 aromatic carbocycles. The Balaban J connectivity index is 1.98. The molecule has 6 heteroatoms. The van der Waals surface area contributed by atoms with Gasteiger partial charge in [-0.05, 0) is 42.5 Å². The fraction of sp³-hybridized carbons (Fsp3) is 0.0952. The van der Waals surface area contributed by atoms with Gasteiger partial charge >= 0.3 is 0 Å². The first-order valence-corrected chi connectivity index (χ1v) is 8.60. The number of hydrogen-bond donors (Lipinski definition) is 1. The summed E-state index contributed by atoms with van der Waals surface area (Å²) in [5.74, 6) is 0.448. The number of aromatic nitrogens is 3. The summed E-state index contributed by atoms with van der Waals surface area (Å²) >= 11 is 0. The second-order valence-electron chi connectivity index (χ2n) is 6.37. The van der Waals surface area contributed by atoms with Crippen LogP contribution < -0.4 is 15.8 Å². The van der Waals surface area contributed by atoms with E-state index < -0.39 is 0 Å². The molecule has 2 heterocycles. The summed E-state index contributed by atoms with van der Waals surface area (Å²) in [5, 5.41) is 3.79. The number of anilines is 3. The van der Waals surface area contributed by atoms with Crippen molar-refractivity contribution in [3.63, 3.8) is 0 Å². The standard InChI is InChI=1S/C21H19N5O/c1-25(2)17-10-11-19-18(13-17)20(27)26(16-8-4-3-5-9-16)21(24-19)23-15-7-6-12-22-14-15/h3-14H,1-2H3,(H,23,24). The zero-order valence-electron chi connectivity index (χ0n) is 15.1. The summed E-state index contributed by atoms with van der Waals surface area (Å²) in [6.45, 7) is 0. The Bertz CT molecular complexity index is 1140. The van der Waals surface area contributed by atoms with E-state index in [-0.39, 0.29) is 5.56 Å². The number of hydrogen-bond acceptors (Lipinski definition) is 5. The zero-order chi connectivity index (χ0) is 18.8. The maximum absolute atomic E-state index is 13.4. The summed E-state index contributed by atoms with van der Waals surface area (Å²) in [7, 11) is 3.89. The Morgan fingerprint density at radius 3 is 2.52 bits per heavy atom. The highest BCUT2D eigenvalue weighted by atomic mass is 16.1. The zero-order valence-corrected chi connectivity index (χ0v) is 15.1. The van der Waals surface area contributed by atoms with Gasteiger partial charge in [-0.15, -0.1) is 0 Å². The van der Waals surface area contributed by atoms with Crippen LogP contribution in [0.5, 0.6) is 0 Å². The number of nitrogens with one attached hydrogen (secondary N) is 1. The van der Waals surface area contributed by atoms with Crippen LogP contribution >= 0.6 is 0 Å². The maximum Gasteiger partial charge on any atom is 0.267 e. The third-order valence-electron chi connectivity index (χ3n) is 4.30. The van der Waals surface area contributed by atoms with Gasteiger partial charge in [0.2, 0.25) is 5.95 Å². The van der Waals surface area contributed by atoms with Crippen molar-refractivity contribution in [3.05, 3.63) is 83.4 Å². The second-order valence-corrected chi connectivity index (χ2v) is 6.37. The molecule has 4 aromatic rings. The molecule has 0 atom stereocenters. The SMILES string of the molecule is CN(C)c1ccc2nc(Nc3cccnc3)n(-c3ccccc3)c(=O)c2c1. The average molecular weight is 357 g/mol. The van der Waals surface area contributed by atoms with Gasteiger partial charge in [-0.1, -0.05) is 18.2 Å². The van der Waals surface area contributed by atoms with Gasteiger partial charge in [0.15, 0.2) is 0 Å². The molecule has 0 unspecified atom stereocenters. The Hall–Kier alpha value is -3.67. The molecular formula is C21H19N5O. The van der Waals surface area contributed by atoms with Crippen LogP contribution in [0.2, 0.25) is 0 Å². The molecule has 0 saturated heterocycles. The molecule has 1 N–H and O–H groups in total. The Morgan fingerprint density at radius 2 is 1.81 bits per heavy atom. The number of fused-ring (bicyclic) bond motifs is 1. The number of benzene rings is 2. The van der Waals surface area contributed by atoms with Gasteiger partial charge in [-0.3, -0.25) is 9.78 Å². The Kier molecular flexibility index (Phi) is 4.30. The highest BCUT2D eigenvalue weighted by Crippen LogP contribution is 2.22. The molecule has 4 rings (SSSR count). The van der Waals surface area contributed by atoms with Gasteiger partial charge in [0.25, 0.3) is 5.56 Å². The average Bonchev–Trinajstić information content (AvgIpc) is 2.69. The lowest BCUT2D eigenvalue weighted by Crippen LogP contribution is -2.23. The first kappa shape index (κ1) is 16.8. The van der Waals surface area contributed by atoms with Crippen molar-refractivity contribution in [2.75, 3.05) is 24.3 Å². The van der Waals surface area contributed by atoms with E-state index in [4.69, 9.17) is 4.98 Å². The van der Waals surface area contributed by atoms with Crippen LogP contribution in [-0.2, 0) is 0 Å². The molecule has 0 bridgehead atoms. The molecule has 0 fully saturated rings.